The predicted octanol–water partition coefficient (Wildman–Crippen LogP) is 5.29. The first-order valence-electron chi connectivity index (χ1n) is 12.7. The molecule has 0 bridgehead atoms. The number of nitrogens with zero attached hydrogens (tertiary/aromatic N) is 4. The number of halogens is 1. The minimum absolute atomic E-state index is 0.245. The van der Waals surface area contributed by atoms with E-state index >= 15 is 0 Å². The minimum Gasteiger partial charge on any atom is -0.314 e. The molecule has 2 aliphatic heterocycles. The summed E-state index contributed by atoms with van der Waals surface area (Å²) in [6.45, 7) is 3.03. The zero-order chi connectivity index (χ0) is 26.2. The van der Waals surface area contributed by atoms with Gasteiger partial charge in [-0.1, -0.05) is 60.1 Å². The molecular formula is C30H28ClN5O2. The van der Waals surface area contributed by atoms with Crippen molar-refractivity contribution in [3.05, 3.63) is 106 Å². The molecule has 1 fully saturated rings. The topological polar surface area (TPSA) is 70.5 Å². The lowest BCUT2D eigenvalue weighted by Crippen LogP contribution is -2.50. The number of hydrogen-bond donors (Lipinski definition) is 1. The fourth-order valence-electron chi connectivity index (χ4n) is 5.28. The summed E-state index contributed by atoms with van der Waals surface area (Å²) in [4.78, 5) is 32.4. The van der Waals surface area contributed by atoms with Crippen LogP contribution in [0.25, 0.3) is 11.4 Å². The Morgan fingerprint density at radius 1 is 0.895 bits per heavy atom. The third kappa shape index (κ3) is 4.95. The Morgan fingerprint density at radius 2 is 1.58 bits per heavy atom. The molecule has 8 heteroatoms. The van der Waals surface area contributed by atoms with Gasteiger partial charge in [0.2, 0.25) is 5.91 Å². The summed E-state index contributed by atoms with van der Waals surface area (Å²) in [6.07, 6.45) is 2.87. The molecule has 192 valence electrons. The van der Waals surface area contributed by atoms with Gasteiger partial charge in [-0.05, 0) is 52.4 Å². The van der Waals surface area contributed by atoms with E-state index in [1.54, 1.807) is 11.1 Å². The maximum Gasteiger partial charge on any atom is 0.329 e. The number of amides is 3. The largest absolute Gasteiger partial charge is 0.329 e. The molecular weight excluding hydrogens is 498 g/mol. The maximum absolute atomic E-state index is 12.3. The Bertz CT molecular complexity index is 1510. The standard InChI is InChI=1S/C30H28ClN5O2/c1-34-28(36-13-12-27(37)33-30(36)38)16-32-29(34)23-8-9-24-18-35(19-25(24)15-23)17-22-4-2-20(3-5-22)14-21-6-10-26(31)11-7-21/h2-11,15-16H,12-14,17-19H2,1H3,(H,33,37,38). The third-order valence-corrected chi connectivity index (χ3v) is 7.55. The van der Waals surface area contributed by atoms with Gasteiger partial charge in [0, 0.05) is 50.2 Å². The Hall–Kier alpha value is -3.94. The number of nitrogens with one attached hydrogen (secondary N) is 1. The lowest BCUT2D eigenvalue weighted by atomic mass is 10.0. The summed E-state index contributed by atoms with van der Waals surface area (Å²) >= 11 is 6.00. The predicted molar refractivity (Wildman–Crippen MR) is 148 cm³/mol. The van der Waals surface area contributed by atoms with Gasteiger partial charge in [0.05, 0.1) is 6.20 Å². The van der Waals surface area contributed by atoms with Crippen LogP contribution in [0.4, 0.5) is 10.6 Å². The van der Waals surface area contributed by atoms with E-state index in [1.165, 1.54) is 27.8 Å². The number of urea groups is 1. The van der Waals surface area contributed by atoms with E-state index in [4.69, 9.17) is 11.6 Å². The second-order valence-electron chi connectivity index (χ2n) is 10.0. The average molecular weight is 526 g/mol. The smallest absolute Gasteiger partial charge is 0.314 e. The Labute approximate surface area is 226 Å². The summed E-state index contributed by atoms with van der Waals surface area (Å²) in [5.74, 6) is 1.22. The second kappa shape index (κ2) is 10.1. The van der Waals surface area contributed by atoms with Crippen LogP contribution in [-0.2, 0) is 37.9 Å². The Kier molecular flexibility index (Phi) is 6.47. The molecule has 0 unspecified atom stereocenters. The quantitative estimate of drug-likeness (QED) is 0.371. The van der Waals surface area contributed by atoms with Gasteiger partial charge in [0.1, 0.15) is 11.6 Å². The number of aromatic nitrogens is 2. The highest BCUT2D eigenvalue weighted by molar-refractivity contribution is 6.30. The van der Waals surface area contributed by atoms with Crippen molar-refractivity contribution in [2.24, 2.45) is 7.05 Å². The maximum atomic E-state index is 12.3. The minimum atomic E-state index is -0.404. The lowest BCUT2D eigenvalue weighted by molar-refractivity contribution is -0.120. The number of fused-ring (bicyclic) bond motifs is 1. The van der Waals surface area contributed by atoms with Crippen molar-refractivity contribution in [2.45, 2.75) is 32.5 Å². The molecule has 0 spiro atoms. The molecule has 3 amide bonds. The van der Waals surface area contributed by atoms with Gasteiger partial charge < -0.3 is 4.57 Å². The zero-order valence-corrected chi connectivity index (χ0v) is 21.9. The van der Waals surface area contributed by atoms with Crippen LogP contribution in [0.2, 0.25) is 5.02 Å². The van der Waals surface area contributed by atoms with Gasteiger partial charge in [0.15, 0.2) is 0 Å². The Balaban J connectivity index is 1.12. The lowest BCUT2D eigenvalue weighted by Gasteiger charge is -2.26. The van der Waals surface area contributed by atoms with Crippen molar-refractivity contribution < 1.29 is 9.59 Å². The molecule has 3 aromatic carbocycles. The van der Waals surface area contributed by atoms with Crippen molar-refractivity contribution in [1.29, 1.82) is 0 Å². The summed E-state index contributed by atoms with van der Waals surface area (Å²) in [5.41, 5.74) is 7.48. The molecule has 0 saturated carbocycles. The van der Waals surface area contributed by atoms with Gasteiger partial charge in [-0.15, -0.1) is 0 Å². The molecule has 4 aromatic rings. The summed E-state index contributed by atoms with van der Waals surface area (Å²) in [5, 5.41) is 3.14. The van der Waals surface area contributed by atoms with Gasteiger partial charge in [0.25, 0.3) is 0 Å². The number of hydrogen-bond acceptors (Lipinski definition) is 4. The van der Waals surface area contributed by atoms with Crippen molar-refractivity contribution in [3.8, 4) is 11.4 Å². The first-order valence-corrected chi connectivity index (χ1v) is 13.1. The van der Waals surface area contributed by atoms with Crippen LogP contribution in [0.5, 0.6) is 0 Å². The van der Waals surface area contributed by atoms with Crippen molar-refractivity contribution in [1.82, 2.24) is 19.8 Å². The number of imidazole rings is 1. The fraction of sp³-hybridized carbons (Fsp3) is 0.233. The van der Waals surface area contributed by atoms with Crippen molar-refractivity contribution >= 4 is 29.4 Å². The highest BCUT2D eigenvalue weighted by Crippen LogP contribution is 2.31. The fourth-order valence-corrected chi connectivity index (χ4v) is 5.40. The first kappa shape index (κ1) is 24.4. The van der Waals surface area contributed by atoms with Crippen LogP contribution >= 0.6 is 11.6 Å². The molecule has 1 saturated heterocycles. The third-order valence-electron chi connectivity index (χ3n) is 7.30. The van der Waals surface area contributed by atoms with Crippen LogP contribution in [-0.4, -0.2) is 32.9 Å². The summed E-state index contributed by atoms with van der Waals surface area (Å²) in [7, 11) is 1.90. The molecule has 6 rings (SSSR count). The monoisotopic (exact) mass is 525 g/mol. The summed E-state index contributed by atoms with van der Waals surface area (Å²) < 4.78 is 1.91. The van der Waals surface area contributed by atoms with E-state index in [0.29, 0.717) is 12.4 Å². The van der Waals surface area contributed by atoms with Crippen LogP contribution < -0.4 is 10.2 Å². The number of anilines is 1. The van der Waals surface area contributed by atoms with E-state index in [-0.39, 0.29) is 12.3 Å². The van der Waals surface area contributed by atoms with E-state index in [0.717, 1.165) is 42.5 Å². The number of imide groups is 1. The molecule has 38 heavy (non-hydrogen) atoms. The van der Waals surface area contributed by atoms with E-state index < -0.39 is 6.03 Å². The van der Waals surface area contributed by atoms with Gasteiger partial charge in [-0.2, -0.15) is 0 Å². The van der Waals surface area contributed by atoms with Crippen LogP contribution in [0, 0.1) is 0 Å². The Morgan fingerprint density at radius 3 is 2.32 bits per heavy atom. The molecule has 7 nitrogen and oxygen atoms in total. The zero-order valence-electron chi connectivity index (χ0n) is 21.2. The normalized spacial score (nSPS) is 15.6. The number of carbonyl (C=O) groups excluding carboxylic acids is 2. The van der Waals surface area contributed by atoms with Crippen LogP contribution in [0.1, 0.15) is 34.2 Å². The van der Waals surface area contributed by atoms with Gasteiger partial charge in [-0.3, -0.25) is 19.9 Å². The van der Waals surface area contributed by atoms with Crippen LogP contribution in [0.15, 0.2) is 72.9 Å². The molecule has 1 N–H and O–H groups in total. The highest BCUT2D eigenvalue weighted by atomic mass is 35.5. The van der Waals surface area contributed by atoms with Crippen LogP contribution in [0.3, 0.4) is 0 Å². The summed E-state index contributed by atoms with van der Waals surface area (Å²) in [6, 6.07) is 23.0. The van der Waals surface area contributed by atoms with E-state index in [2.05, 4.69) is 69.8 Å². The molecule has 0 aliphatic carbocycles. The SMILES string of the molecule is Cn1c(N2CCC(=O)NC2=O)cnc1-c1ccc2c(c1)CN(Cc1ccc(Cc3ccc(Cl)cc3)cc1)C2. The van der Waals surface area contributed by atoms with Gasteiger partial charge >= 0.3 is 6.03 Å². The molecule has 0 atom stereocenters. The number of benzene rings is 3. The molecule has 1 aromatic heterocycles. The molecule has 2 aliphatic rings. The van der Waals surface area contributed by atoms with Crippen molar-refractivity contribution in [2.75, 3.05) is 11.4 Å². The van der Waals surface area contributed by atoms with E-state index in [9.17, 15) is 9.59 Å². The molecule has 0 radical (unpaired) electrons. The second-order valence-corrected chi connectivity index (χ2v) is 10.4. The highest BCUT2D eigenvalue weighted by Gasteiger charge is 2.27. The van der Waals surface area contributed by atoms with E-state index in [1.807, 2.05) is 23.7 Å². The van der Waals surface area contributed by atoms with Crippen molar-refractivity contribution in [3.63, 3.8) is 0 Å². The number of carbonyl (C=O) groups is 2. The molecule has 3 heterocycles. The first-order chi connectivity index (χ1) is 18.4. The number of rotatable bonds is 6. The average Bonchev–Trinajstić information content (AvgIpc) is 3.49. The van der Waals surface area contributed by atoms with Gasteiger partial charge in [-0.25, -0.2) is 9.78 Å².